The van der Waals surface area contributed by atoms with Crippen molar-refractivity contribution < 1.29 is 14.3 Å². The first-order valence-electron chi connectivity index (χ1n) is 12.0. The van der Waals surface area contributed by atoms with Crippen LogP contribution in [0, 0.1) is 13.8 Å². The lowest BCUT2D eigenvalue weighted by Crippen LogP contribution is -2.48. The summed E-state index contributed by atoms with van der Waals surface area (Å²) in [5, 5.41) is 2.88. The zero-order chi connectivity index (χ0) is 25.5. The molecule has 1 heterocycles. The Morgan fingerprint density at radius 1 is 0.972 bits per heavy atom. The molecule has 186 valence electrons. The highest BCUT2D eigenvalue weighted by atomic mass is 79.9. The van der Waals surface area contributed by atoms with Crippen LogP contribution in [0.1, 0.15) is 16.7 Å². The molecule has 1 fully saturated rings. The van der Waals surface area contributed by atoms with Crippen LogP contribution in [0.3, 0.4) is 0 Å². The van der Waals surface area contributed by atoms with Crippen LogP contribution in [0.2, 0.25) is 0 Å². The summed E-state index contributed by atoms with van der Waals surface area (Å²) < 4.78 is 6.58. The molecule has 0 saturated carbocycles. The zero-order valence-corrected chi connectivity index (χ0v) is 22.1. The Kier molecular flexibility index (Phi) is 8.44. The standard InChI is InChI=1S/C29H30BrN3O3/c1-21-18-22(2)29(26(30)19-21)36-20-27(34)31-24-9-11-25(12-10-24)32-14-16-33(17-15-32)28(35)13-8-23-6-4-3-5-7-23/h3-13,18-19H,14-17,20H2,1-2H3,(H,31,34)/b13-8+. The van der Waals surface area contributed by atoms with Crippen molar-refractivity contribution in [1.29, 1.82) is 0 Å². The average molecular weight is 548 g/mol. The monoisotopic (exact) mass is 547 g/mol. The maximum Gasteiger partial charge on any atom is 0.262 e. The molecule has 0 aliphatic carbocycles. The molecule has 0 radical (unpaired) electrons. The number of carbonyl (C=O) groups excluding carboxylic acids is 2. The Labute approximate surface area is 220 Å². The van der Waals surface area contributed by atoms with Gasteiger partial charge in [-0.25, -0.2) is 0 Å². The van der Waals surface area contributed by atoms with Gasteiger partial charge in [0.15, 0.2) is 6.61 Å². The van der Waals surface area contributed by atoms with Crippen LogP contribution in [0.25, 0.3) is 6.08 Å². The van der Waals surface area contributed by atoms with Crippen LogP contribution in [-0.4, -0.2) is 49.5 Å². The fraction of sp³-hybridized carbons (Fsp3) is 0.241. The lowest BCUT2D eigenvalue weighted by Gasteiger charge is -2.35. The lowest BCUT2D eigenvalue weighted by molar-refractivity contribution is -0.126. The predicted molar refractivity (Wildman–Crippen MR) is 148 cm³/mol. The van der Waals surface area contributed by atoms with Crippen molar-refractivity contribution in [3.8, 4) is 5.75 Å². The summed E-state index contributed by atoms with van der Waals surface area (Å²) in [4.78, 5) is 29.0. The number of nitrogens with one attached hydrogen (secondary N) is 1. The molecule has 1 N–H and O–H groups in total. The van der Waals surface area contributed by atoms with E-state index >= 15 is 0 Å². The Morgan fingerprint density at radius 2 is 1.67 bits per heavy atom. The molecule has 3 aromatic rings. The van der Waals surface area contributed by atoms with Crippen LogP contribution in [-0.2, 0) is 9.59 Å². The van der Waals surface area contributed by atoms with E-state index in [1.54, 1.807) is 6.08 Å². The third kappa shape index (κ3) is 6.76. The SMILES string of the molecule is Cc1cc(C)c(OCC(=O)Nc2ccc(N3CCN(C(=O)/C=C/c4ccccc4)CC3)cc2)c(Br)c1. The van der Waals surface area contributed by atoms with Crippen LogP contribution in [0.15, 0.2) is 77.3 Å². The number of ether oxygens (including phenoxy) is 1. The minimum absolute atomic E-state index is 0.0339. The second-order valence-electron chi connectivity index (χ2n) is 8.83. The van der Waals surface area contributed by atoms with Crippen molar-refractivity contribution >= 4 is 45.2 Å². The molecule has 0 atom stereocenters. The van der Waals surface area contributed by atoms with Gasteiger partial charge in [-0.1, -0.05) is 36.4 Å². The molecule has 1 saturated heterocycles. The molecule has 4 rings (SSSR count). The smallest absolute Gasteiger partial charge is 0.262 e. The fourth-order valence-electron chi connectivity index (χ4n) is 4.20. The molecule has 7 heteroatoms. The topological polar surface area (TPSA) is 61.9 Å². The Balaban J connectivity index is 1.24. The van der Waals surface area contributed by atoms with Gasteiger partial charge in [-0.05, 0) is 82.9 Å². The van der Waals surface area contributed by atoms with E-state index in [1.807, 2.05) is 91.6 Å². The first-order chi connectivity index (χ1) is 17.4. The van der Waals surface area contributed by atoms with Crippen molar-refractivity contribution in [3.05, 3.63) is 94.0 Å². The number of amides is 2. The van der Waals surface area contributed by atoms with E-state index in [-0.39, 0.29) is 18.4 Å². The first kappa shape index (κ1) is 25.5. The minimum Gasteiger partial charge on any atom is -0.482 e. The van der Waals surface area contributed by atoms with Crippen molar-refractivity contribution in [1.82, 2.24) is 4.90 Å². The quantitative estimate of drug-likeness (QED) is 0.400. The summed E-state index contributed by atoms with van der Waals surface area (Å²) in [6, 6.07) is 21.6. The maximum atomic E-state index is 12.5. The number of benzene rings is 3. The summed E-state index contributed by atoms with van der Waals surface area (Å²) in [5.74, 6) is 0.497. The Hall–Kier alpha value is -3.58. The van der Waals surface area contributed by atoms with Gasteiger partial charge >= 0.3 is 0 Å². The normalized spacial score (nSPS) is 13.6. The third-order valence-electron chi connectivity index (χ3n) is 6.05. The van der Waals surface area contributed by atoms with Crippen LogP contribution in [0.4, 0.5) is 11.4 Å². The van der Waals surface area contributed by atoms with Crippen LogP contribution in [0.5, 0.6) is 5.75 Å². The number of hydrogen-bond donors (Lipinski definition) is 1. The molecule has 0 unspecified atom stereocenters. The molecule has 1 aliphatic rings. The van der Waals surface area contributed by atoms with E-state index in [0.717, 1.165) is 39.9 Å². The Bertz CT molecular complexity index is 1210. The Morgan fingerprint density at radius 3 is 2.33 bits per heavy atom. The van der Waals surface area contributed by atoms with Crippen molar-refractivity contribution in [2.75, 3.05) is 43.0 Å². The second-order valence-corrected chi connectivity index (χ2v) is 9.69. The molecule has 6 nitrogen and oxygen atoms in total. The first-order valence-corrected chi connectivity index (χ1v) is 12.7. The third-order valence-corrected chi connectivity index (χ3v) is 6.64. The van der Waals surface area contributed by atoms with Crippen LogP contribution >= 0.6 is 15.9 Å². The number of piperazine rings is 1. The summed E-state index contributed by atoms with van der Waals surface area (Å²) in [6.07, 6.45) is 3.50. The number of halogens is 1. The van der Waals surface area contributed by atoms with E-state index in [9.17, 15) is 9.59 Å². The molecule has 3 aromatic carbocycles. The number of carbonyl (C=O) groups is 2. The van der Waals surface area contributed by atoms with Gasteiger partial charge in [0.05, 0.1) is 4.47 Å². The predicted octanol–water partition coefficient (Wildman–Crippen LogP) is 5.45. The zero-order valence-electron chi connectivity index (χ0n) is 20.5. The number of anilines is 2. The van der Waals surface area contributed by atoms with Gasteiger partial charge in [-0.3, -0.25) is 9.59 Å². The van der Waals surface area contributed by atoms with Gasteiger partial charge < -0.3 is 19.9 Å². The summed E-state index contributed by atoms with van der Waals surface area (Å²) in [5.41, 5.74) is 4.90. The molecular formula is C29H30BrN3O3. The highest BCUT2D eigenvalue weighted by Gasteiger charge is 2.20. The van der Waals surface area contributed by atoms with Crippen molar-refractivity contribution in [2.24, 2.45) is 0 Å². The van der Waals surface area contributed by atoms with Gasteiger partial charge in [-0.2, -0.15) is 0 Å². The fourth-order valence-corrected chi connectivity index (χ4v) is 4.99. The minimum atomic E-state index is -0.217. The summed E-state index contributed by atoms with van der Waals surface area (Å²) in [7, 11) is 0. The molecule has 2 amide bonds. The largest absolute Gasteiger partial charge is 0.482 e. The van der Waals surface area contributed by atoms with Gasteiger partial charge in [0, 0.05) is 43.6 Å². The molecular weight excluding hydrogens is 518 g/mol. The molecule has 1 aliphatic heterocycles. The van der Waals surface area contributed by atoms with E-state index in [0.29, 0.717) is 24.5 Å². The molecule has 0 bridgehead atoms. The molecule has 0 aromatic heterocycles. The van der Waals surface area contributed by atoms with E-state index in [2.05, 4.69) is 26.1 Å². The van der Waals surface area contributed by atoms with E-state index in [4.69, 9.17) is 4.74 Å². The van der Waals surface area contributed by atoms with E-state index < -0.39 is 0 Å². The highest BCUT2D eigenvalue weighted by Crippen LogP contribution is 2.30. The summed E-state index contributed by atoms with van der Waals surface area (Å²) >= 11 is 3.50. The molecule has 36 heavy (non-hydrogen) atoms. The van der Waals surface area contributed by atoms with Crippen LogP contribution < -0.4 is 15.0 Å². The van der Waals surface area contributed by atoms with Gasteiger partial charge in [-0.15, -0.1) is 0 Å². The average Bonchev–Trinajstić information content (AvgIpc) is 2.88. The van der Waals surface area contributed by atoms with Gasteiger partial charge in [0.2, 0.25) is 5.91 Å². The number of nitrogens with zero attached hydrogens (tertiary/aromatic N) is 2. The van der Waals surface area contributed by atoms with Crippen molar-refractivity contribution in [3.63, 3.8) is 0 Å². The number of aryl methyl sites for hydroxylation is 2. The van der Waals surface area contributed by atoms with Gasteiger partial charge in [0.25, 0.3) is 5.91 Å². The number of rotatable bonds is 7. The highest BCUT2D eigenvalue weighted by molar-refractivity contribution is 9.10. The van der Waals surface area contributed by atoms with E-state index in [1.165, 1.54) is 0 Å². The lowest BCUT2D eigenvalue weighted by atomic mass is 10.1. The number of hydrogen-bond acceptors (Lipinski definition) is 4. The maximum absolute atomic E-state index is 12.5. The van der Waals surface area contributed by atoms with Crippen molar-refractivity contribution in [2.45, 2.75) is 13.8 Å². The second kappa shape index (κ2) is 11.9. The van der Waals surface area contributed by atoms with Gasteiger partial charge in [0.1, 0.15) is 5.75 Å². The molecule has 0 spiro atoms. The summed E-state index contributed by atoms with van der Waals surface area (Å²) in [6.45, 7) is 6.76.